The lowest BCUT2D eigenvalue weighted by molar-refractivity contribution is 0.746. The quantitative estimate of drug-likeness (QED) is 0.844. The summed E-state index contributed by atoms with van der Waals surface area (Å²) in [6.07, 6.45) is 3.40. The molecule has 0 saturated heterocycles. The predicted octanol–water partition coefficient (Wildman–Crippen LogP) is 4.08. The van der Waals surface area contributed by atoms with Gasteiger partial charge < -0.3 is 10.2 Å². The number of hydrogen-bond acceptors (Lipinski definition) is 4. The summed E-state index contributed by atoms with van der Waals surface area (Å²) in [6.45, 7) is 7.36. The number of hydrogen-bond donors (Lipinski definition) is 1. The van der Waals surface area contributed by atoms with E-state index in [1.165, 1.54) is 17.7 Å². The second-order valence-electron chi connectivity index (χ2n) is 5.99. The fraction of sp³-hybridized carbons (Fsp3) is 0.444. The summed E-state index contributed by atoms with van der Waals surface area (Å²) in [5.74, 6) is 2.73. The second-order valence-corrected chi connectivity index (χ2v) is 5.99. The third kappa shape index (κ3) is 2.91. The number of anilines is 3. The van der Waals surface area contributed by atoms with E-state index in [2.05, 4.69) is 64.4 Å². The number of nitrogens with zero attached hydrogens (tertiary/aromatic N) is 3. The largest absolute Gasteiger partial charge is 0.370 e. The van der Waals surface area contributed by atoms with Crippen LogP contribution in [0.15, 0.2) is 30.3 Å². The molecule has 4 nitrogen and oxygen atoms in total. The van der Waals surface area contributed by atoms with Crippen molar-refractivity contribution >= 4 is 17.3 Å². The Morgan fingerprint density at radius 1 is 1.27 bits per heavy atom. The summed E-state index contributed by atoms with van der Waals surface area (Å²) in [5.41, 5.74) is 2.67. The summed E-state index contributed by atoms with van der Waals surface area (Å²) in [7, 11) is 0. The van der Waals surface area contributed by atoms with E-state index >= 15 is 0 Å². The summed E-state index contributed by atoms with van der Waals surface area (Å²) in [4.78, 5) is 11.5. The number of rotatable bonds is 5. The van der Waals surface area contributed by atoms with Gasteiger partial charge in [0.05, 0.1) is 0 Å². The second kappa shape index (κ2) is 6.34. The molecule has 0 spiro atoms. The van der Waals surface area contributed by atoms with E-state index in [0.717, 1.165) is 36.8 Å². The molecule has 1 aliphatic rings. The summed E-state index contributed by atoms with van der Waals surface area (Å²) >= 11 is 0. The molecule has 22 heavy (non-hydrogen) atoms. The maximum Gasteiger partial charge on any atom is 0.139 e. The number of fused-ring (bicyclic) bond motifs is 1. The average molecular weight is 296 g/mol. The zero-order chi connectivity index (χ0) is 15.5. The van der Waals surface area contributed by atoms with Crippen molar-refractivity contribution in [3.63, 3.8) is 0 Å². The van der Waals surface area contributed by atoms with E-state index in [0.29, 0.717) is 6.04 Å². The topological polar surface area (TPSA) is 41.0 Å². The van der Waals surface area contributed by atoms with Crippen LogP contribution in [0.5, 0.6) is 0 Å². The molecule has 1 aliphatic heterocycles. The van der Waals surface area contributed by atoms with Crippen molar-refractivity contribution in [2.75, 3.05) is 16.8 Å². The van der Waals surface area contributed by atoms with Crippen LogP contribution in [0, 0.1) is 6.92 Å². The van der Waals surface area contributed by atoms with Gasteiger partial charge in [0, 0.05) is 24.3 Å². The maximum atomic E-state index is 4.67. The Labute approximate surface area is 132 Å². The molecule has 0 fully saturated rings. The number of benzene rings is 1. The van der Waals surface area contributed by atoms with Crippen LogP contribution < -0.4 is 10.2 Å². The highest BCUT2D eigenvalue weighted by molar-refractivity contribution is 5.70. The van der Waals surface area contributed by atoms with Crippen molar-refractivity contribution in [2.45, 2.75) is 46.1 Å². The molecule has 0 aliphatic carbocycles. The molecule has 1 atom stereocenters. The minimum Gasteiger partial charge on any atom is -0.370 e. The highest BCUT2D eigenvalue weighted by Crippen LogP contribution is 2.37. The van der Waals surface area contributed by atoms with Gasteiger partial charge in [-0.2, -0.15) is 0 Å². The zero-order valence-electron chi connectivity index (χ0n) is 13.6. The van der Waals surface area contributed by atoms with Crippen molar-refractivity contribution in [1.82, 2.24) is 9.97 Å². The van der Waals surface area contributed by atoms with Crippen LogP contribution in [0.3, 0.4) is 0 Å². The van der Waals surface area contributed by atoms with Crippen molar-refractivity contribution in [3.8, 4) is 0 Å². The van der Waals surface area contributed by atoms with Crippen LogP contribution in [-0.2, 0) is 6.42 Å². The van der Waals surface area contributed by atoms with Crippen LogP contribution in [0.25, 0.3) is 0 Å². The van der Waals surface area contributed by atoms with Gasteiger partial charge in [-0.25, -0.2) is 9.97 Å². The normalized spacial score (nSPS) is 16.7. The lowest BCUT2D eigenvalue weighted by Gasteiger charge is -2.24. The molecule has 0 amide bonds. The molecule has 1 N–H and O–H groups in total. The lowest BCUT2D eigenvalue weighted by Crippen LogP contribution is -2.25. The molecule has 1 unspecified atom stereocenters. The van der Waals surface area contributed by atoms with Crippen molar-refractivity contribution < 1.29 is 0 Å². The van der Waals surface area contributed by atoms with Crippen molar-refractivity contribution in [3.05, 3.63) is 41.7 Å². The van der Waals surface area contributed by atoms with Crippen LogP contribution in [0.1, 0.15) is 38.1 Å². The Hall–Kier alpha value is -2.10. The molecular formula is C18H24N4. The zero-order valence-corrected chi connectivity index (χ0v) is 13.6. The molecule has 0 bridgehead atoms. The smallest absolute Gasteiger partial charge is 0.139 e. The molecular weight excluding hydrogens is 272 g/mol. The monoisotopic (exact) mass is 296 g/mol. The number of nitrogens with one attached hydrogen (secondary N) is 1. The standard InChI is InChI=1S/C18H24N4/c1-4-5-10-19-17-12-18(21-14(3)20-17)22-13(2)11-15-8-6-7-9-16(15)22/h6-9,12-13H,4-5,10-11H2,1-3H3,(H,19,20,21). The van der Waals surface area contributed by atoms with Gasteiger partial charge in [-0.05, 0) is 38.3 Å². The molecule has 116 valence electrons. The van der Waals surface area contributed by atoms with Gasteiger partial charge in [-0.15, -0.1) is 0 Å². The van der Waals surface area contributed by atoms with E-state index < -0.39 is 0 Å². The Morgan fingerprint density at radius 2 is 2.09 bits per heavy atom. The minimum absolute atomic E-state index is 0.426. The van der Waals surface area contributed by atoms with Crippen LogP contribution in [0.4, 0.5) is 17.3 Å². The van der Waals surface area contributed by atoms with Gasteiger partial charge in [-0.3, -0.25) is 0 Å². The number of para-hydroxylation sites is 1. The summed E-state index contributed by atoms with van der Waals surface area (Å²) in [6, 6.07) is 11.1. The number of unbranched alkanes of at least 4 members (excludes halogenated alkanes) is 1. The van der Waals surface area contributed by atoms with E-state index in [1.54, 1.807) is 0 Å². The SMILES string of the molecule is CCCCNc1cc(N2c3ccccc3CC2C)nc(C)n1. The first-order valence-electron chi connectivity index (χ1n) is 8.15. The van der Waals surface area contributed by atoms with Crippen LogP contribution in [0.2, 0.25) is 0 Å². The minimum atomic E-state index is 0.426. The van der Waals surface area contributed by atoms with Gasteiger partial charge in [0.25, 0.3) is 0 Å². The molecule has 0 radical (unpaired) electrons. The van der Waals surface area contributed by atoms with Gasteiger partial charge in [-0.1, -0.05) is 31.5 Å². The molecule has 2 heterocycles. The summed E-state index contributed by atoms with van der Waals surface area (Å²) < 4.78 is 0. The molecule has 0 saturated carbocycles. The molecule has 3 rings (SSSR count). The van der Waals surface area contributed by atoms with Gasteiger partial charge >= 0.3 is 0 Å². The van der Waals surface area contributed by atoms with Crippen LogP contribution in [-0.4, -0.2) is 22.6 Å². The first-order valence-corrected chi connectivity index (χ1v) is 8.15. The Bertz CT molecular complexity index is 653. The highest BCUT2D eigenvalue weighted by Gasteiger charge is 2.28. The highest BCUT2D eigenvalue weighted by atomic mass is 15.2. The third-order valence-electron chi connectivity index (χ3n) is 4.11. The molecule has 1 aromatic carbocycles. The Balaban J connectivity index is 1.91. The van der Waals surface area contributed by atoms with E-state index in [1.807, 2.05) is 6.92 Å². The fourth-order valence-corrected chi connectivity index (χ4v) is 3.07. The van der Waals surface area contributed by atoms with E-state index in [4.69, 9.17) is 0 Å². The van der Waals surface area contributed by atoms with Gasteiger partial charge in [0.2, 0.25) is 0 Å². The molecule has 2 aromatic rings. The van der Waals surface area contributed by atoms with E-state index in [-0.39, 0.29) is 0 Å². The predicted molar refractivity (Wildman–Crippen MR) is 91.9 cm³/mol. The van der Waals surface area contributed by atoms with Crippen molar-refractivity contribution in [1.29, 1.82) is 0 Å². The summed E-state index contributed by atoms with van der Waals surface area (Å²) in [5, 5.41) is 3.41. The lowest BCUT2D eigenvalue weighted by atomic mass is 10.1. The van der Waals surface area contributed by atoms with Gasteiger partial charge in [0.15, 0.2) is 0 Å². The first kappa shape index (κ1) is 14.8. The number of aryl methyl sites for hydroxylation is 1. The van der Waals surface area contributed by atoms with Gasteiger partial charge in [0.1, 0.15) is 17.5 Å². The fourth-order valence-electron chi connectivity index (χ4n) is 3.07. The van der Waals surface area contributed by atoms with E-state index in [9.17, 15) is 0 Å². The Kier molecular flexibility index (Phi) is 4.27. The molecule has 1 aromatic heterocycles. The Morgan fingerprint density at radius 3 is 2.91 bits per heavy atom. The van der Waals surface area contributed by atoms with Crippen LogP contribution >= 0.6 is 0 Å². The van der Waals surface area contributed by atoms with Crippen molar-refractivity contribution in [2.24, 2.45) is 0 Å². The molecule has 4 heteroatoms. The first-order chi connectivity index (χ1) is 10.7. The maximum absolute atomic E-state index is 4.67. The average Bonchev–Trinajstić information content (AvgIpc) is 2.82. The number of aromatic nitrogens is 2. The third-order valence-corrected chi connectivity index (χ3v) is 4.11.